The summed E-state index contributed by atoms with van der Waals surface area (Å²) in [5.41, 5.74) is 0.772. The molecule has 0 aliphatic heterocycles. The monoisotopic (exact) mass is 528 g/mol. The molecule has 0 saturated carbocycles. The van der Waals surface area contributed by atoms with E-state index in [1.165, 1.54) is 50.9 Å². The van der Waals surface area contributed by atoms with Crippen molar-refractivity contribution in [3.63, 3.8) is 0 Å². The van der Waals surface area contributed by atoms with Crippen LogP contribution in [0.1, 0.15) is 43.6 Å². The summed E-state index contributed by atoms with van der Waals surface area (Å²) in [6.45, 7) is 9.56. The van der Waals surface area contributed by atoms with Crippen LogP contribution in [0.4, 0.5) is 26.2 Å². The van der Waals surface area contributed by atoms with E-state index in [1.54, 1.807) is 0 Å². The first-order valence-electron chi connectivity index (χ1n) is 12.3. The molecule has 0 unspecified atom stereocenters. The Morgan fingerprint density at radius 2 is 1.66 bits per heavy atom. The zero-order valence-electron chi connectivity index (χ0n) is 22.5. The molecule has 0 saturated heterocycles. The fourth-order valence-corrected chi connectivity index (χ4v) is 3.79. The molecule has 2 heterocycles. The van der Waals surface area contributed by atoms with E-state index < -0.39 is 11.6 Å². The van der Waals surface area contributed by atoms with Gasteiger partial charge in [-0.2, -0.15) is 0 Å². The van der Waals surface area contributed by atoms with Gasteiger partial charge in [-0.15, -0.1) is 0 Å². The van der Waals surface area contributed by atoms with Gasteiger partial charge in [-0.25, -0.2) is 23.7 Å². The molecular formula is C27H34F2N6O3. The largest absolute Gasteiger partial charge is 0.494 e. The number of hydrogen-bond acceptors (Lipinski definition) is 8. The summed E-state index contributed by atoms with van der Waals surface area (Å²) in [5.74, 6) is 0.00958. The Kier molecular flexibility index (Phi) is 9.75. The molecule has 0 radical (unpaired) electrons. The number of rotatable bonds is 12. The van der Waals surface area contributed by atoms with Crippen molar-refractivity contribution in [2.24, 2.45) is 11.8 Å². The number of methoxy groups -OCH3 is 1. The van der Waals surface area contributed by atoms with Gasteiger partial charge in [0.1, 0.15) is 6.61 Å². The van der Waals surface area contributed by atoms with Gasteiger partial charge in [-0.1, -0.05) is 27.7 Å². The molecule has 38 heavy (non-hydrogen) atoms. The summed E-state index contributed by atoms with van der Waals surface area (Å²) in [6, 6.07) is 4.07. The van der Waals surface area contributed by atoms with E-state index >= 15 is 0 Å². The number of nitrogens with one attached hydrogen (secondary N) is 2. The number of anilines is 3. The summed E-state index contributed by atoms with van der Waals surface area (Å²) in [4.78, 5) is 26.6. The van der Waals surface area contributed by atoms with Crippen LogP contribution < -0.4 is 25.0 Å². The minimum Gasteiger partial charge on any atom is -0.494 e. The van der Waals surface area contributed by atoms with Crippen molar-refractivity contribution in [1.29, 1.82) is 0 Å². The fourth-order valence-electron chi connectivity index (χ4n) is 3.79. The summed E-state index contributed by atoms with van der Waals surface area (Å²) < 4.78 is 40.2. The first-order valence-corrected chi connectivity index (χ1v) is 12.3. The van der Waals surface area contributed by atoms with Gasteiger partial charge in [0.2, 0.25) is 5.95 Å². The van der Waals surface area contributed by atoms with Crippen molar-refractivity contribution in [3.8, 4) is 11.5 Å². The van der Waals surface area contributed by atoms with Crippen molar-refractivity contribution < 1.29 is 23.0 Å². The molecule has 0 spiro atoms. The van der Waals surface area contributed by atoms with Gasteiger partial charge in [0.05, 0.1) is 31.4 Å². The number of halogens is 2. The third-order valence-corrected chi connectivity index (χ3v) is 5.39. The summed E-state index contributed by atoms with van der Waals surface area (Å²) in [7, 11) is 2.80. The van der Waals surface area contributed by atoms with Crippen molar-refractivity contribution in [1.82, 2.24) is 20.3 Å². The number of carbonyl (C=O) groups is 1. The number of pyridine rings is 1. The van der Waals surface area contributed by atoms with Crippen LogP contribution in [0.25, 0.3) is 0 Å². The minimum absolute atomic E-state index is 0.0658. The number of nitrogens with zero attached hydrogens (tertiary/aromatic N) is 4. The number of hydrogen-bond donors (Lipinski definition) is 2. The second-order valence-corrected chi connectivity index (χ2v) is 9.61. The van der Waals surface area contributed by atoms with Crippen molar-refractivity contribution in [2.75, 3.05) is 37.5 Å². The van der Waals surface area contributed by atoms with Crippen LogP contribution in [0.3, 0.4) is 0 Å². The van der Waals surface area contributed by atoms with Gasteiger partial charge in [-0.3, -0.25) is 4.79 Å². The van der Waals surface area contributed by atoms with E-state index in [-0.39, 0.29) is 41.1 Å². The zero-order chi connectivity index (χ0) is 27.8. The van der Waals surface area contributed by atoms with Crippen LogP contribution in [0.15, 0.2) is 36.8 Å². The van der Waals surface area contributed by atoms with E-state index in [0.717, 1.165) is 0 Å². The molecule has 2 N–H and O–H groups in total. The zero-order valence-corrected chi connectivity index (χ0v) is 22.5. The number of aromatic nitrogens is 3. The van der Waals surface area contributed by atoms with Gasteiger partial charge in [0.15, 0.2) is 29.0 Å². The Balaban J connectivity index is 1.68. The highest BCUT2D eigenvalue weighted by atomic mass is 19.1. The lowest BCUT2D eigenvalue weighted by Gasteiger charge is -2.27. The molecule has 204 valence electrons. The van der Waals surface area contributed by atoms with Crippen molar-refractivity contribution >= 4 is 23.4 Å². The van der Waals surface area contributed by atoms with E-state index in [4.69, 9.17) is 9.47 Å². The van der Waals surface area contributed by atoms with Gasteiger partial charge < -0.3 is 25.0 Å². The quantitative estimate of drug-likeness (QED) is 0.340. The van der Waals surface area contributed by atoms with Crippen LogP contribution in [-0.4, -0.2) is 48.1 Å². The Labute approximate surface area is 221 Å². The minimum atomic E-state index is -0.627. The first-order chi connectivity index (χ1) is 18.1. The number of amides is 1. The van der Waals surface area contributed by atoms with Crippen LogP contribution in [0, 0.1) is 23.5 Å². The predicted molar refractivity (Wildman–Crippen MR) is 142 cm³/mol. The maximum absolute atomic E-state index is 14.9. The summed E-state index contributed by atoms with van der Waals surface area (Å²) >= 11 is 0. The van der Waals surface area contributed by atoms with Crippen LogP contribution >= 0.6 is 0 Å². The molecule has 0 aliphatic rings. The second kappa shape index (κ2) is 13.0. The van der Waals surface area contributed by atoms with Gasteiger partial charge in [-0.05, 0) is 24.0 Å². The lowest BCUT2D eigenvalue weighted by Crippen LogP contribution is -2.32. The number of ether oxygens (including phenoxy) is 2. The molecule has 1 amide bonds. The first kappa shape index (κ1) is 28.5. The standard InChI is InChI=1S/C27H34F2N6O3/c1-16(2)13-35(14-17(3)4)25-22(28)9-20(10-31-25)34-27-32-11-21(12-33-27)38-15-19-7-18(26(36)30-5)8-23(37-6)24(19)29/h7-12,16-17H,13-15H2,1-6H3,(H,30,36)(H,32,33,34). The van der Waals surface area contributed by atoms with E-state index in [2.05, 4.69) is 53.3 Å². The molecule has 3 aromatic rings. The third kappa shape index (κ3) is 7.50. The molecule has 2 aromatic heterocycles. The van der Waals surface area contributed by atoms with Crippen LogP contribution in [-0.2, 0) is 6.61 Å². The highest BCUT2D eigenvalue weighted by molar-refractivity contribution is 5.94. The van der Waals surface area contributed by atoms with Crippen molar-refractivity contribution in [3.05, 3.63) is 59.6 Å². The van der Waals surface area contributed by atoms with E-state index in [0.29, 0.717) is 36.4 Å². The lowest BCUT2D eigenvalue weighted by molar-refractivity contribution is 0.0962. The molecule has 1 aromatic carbocycles. The van der Waals surface area contributed by atoms with Gasteiger partial charge in [0, 0.05) is 37.3 Å². The Bertz CT molecular complexity index is 1230. The second-order valence-electron chi connectivity index (χ2n) is 9.61. The summed E-state index contributed by atoms with van der Waals surface area (Å²) in [5, 5.41) is 5.41. The van der Waals surface area contributed by atoms with Crippen LogP contribution in [0.2, 0.25) is 0 Å². The molecule has 0 atom stereocenters. The lowest BCUT2D eigenvalue weighted by atomic mass is 10.1. The van der Waals surface area contributed by atoms with Gasteiger partial charge >= 0.3 is 0 Å². The van der Waals surface area contributed by atoms with E-state index in [1.807, 2.05) is 4.90 Å². The predicted octanol–water partition coefficient (Wildman–Crippen LogP) is 4.96. The highest BCUT2D eigenvalue weighted by Crippen LogP contribution is 2.26. The SMILES string of the molecule is CNC(=O)c1cc(COc2cnc(Nc3cnc(N(CC(C)C)CC(C)C)c(F)c3)nc2)c(F)c(OC)c1. The average Bonchev–Trinajstić information content (AvgIpc) is 2.87. The maximum atomic E-state index is 14.9. The smallest absolute Gasteiger partial charge is 0.251 e. The van der Waals surface area contributed by atoms with E-state index in [9.17, 15) is 13.6 Å². The molecular weight excluding hydrogens is 494 g/mol. The fraction of sp³-hybridized carbons (Fsp3) is 0.407. The highest BCUT2D eigenvalue weighted by Gasteiger charge is 2.18. The Hall–Kier alpha value is -4.02. The summed E-state index contributed by atoms with van der Waals surface area (Å²) in [6.07, 6.45) is 4.34. The number of benzene rings is 1. The Morgan fingerprint density at radius 1 is 1.00 bits per heavy atom. The number of carbonyl (C=O) groups excluding carboxylic acids is 1. The van der Waals surface area contributed by atoms with Crippen molar-refractivity contribution in [2.45, 2.75) is 34.3 Å². The molecule has 11 heteroatoms. The van der Waals surface area contributed by atoms with Gasteiger partial charge in [0.25, 0.3) is 5.91 Å². The average molecular weight is 529 g/mol. The third-order valence-electron chi connectivity index (χ3n) is 5.39. The molecule has 0 bridgehead atoms. The van der Waals surface area contributed by atoms with Crippen LogP contribution in [0.5, 0.6) is 11.5 Å². The maximum Gasteiger partial charge on any atom is 0.251 e. The molecule has 3 rings (SSSR count). The molecule has 9 nitrogen and oxygen atoms in total. The normalized spacial score (nSPS) is 11.0. The topological polar surface area (TPSA) is 102 Å². The Morgan fingerprint density at radius 3 is 2.21 bits per heavy atom. The molecule has 0 aliphatic carbocycles. The molecule has 0 fully saturated rings.